The van der Waals surface area contributed by atoms with Crippen LogP contribution < -0.4 is 5.32 Å². The van der Waals surface area contributed by atoms with Gasteiger partial charge in [0.1, 0.15) is 0 Å². The SMILES string of the molecule is CC1Sc2ccc(C(=O)N3CCCN(Cc4ccccc4)CC3)cc2NC1=O. The number of nitrogens with one attached hydrogen (secondary N) is 1. The van der Waals surface area contributed by atoms with E-state index < -0.39 is 0 Å². The fourth-order valence-corrected chi connectivity index (χ4v) is 4.63. The van der Waals surface area contributed by atoms with Crippen molar-refractivity contribution in [3.05, 3.63) is 59.7 Å². The molecule has 1 N–H and O–H groups in total. The molecule has 0 aliphatic carbocycles. The minimum Gasteiger partial charge on any atom is -0.337 e. The second-order valence-electron chi connectivity index (χ2n) is 7.37. The topological polar surface area (TPSA) is 52.7 Å². The van der Waals surface area contributed by atoms with Crippen molar-refractivity contribution in [2.24, 2.45) is 0 Å². The van der Waals surface area contributed by atoms with Crippen molar-refractivity contribution >= 4 is 29.3 Å². The molecule has 0 radical (unpaired) electrons. The molecule has 0 saturated carbocycles. The maximum Gasteiger partial charge on any atom is 0.253 e. The monoisotopic (exact) mass is 395 g/mol. The minimum atomic E-state index is -0.102. The summed E-state index contributed by atoms with van der Waals surface area (Å²) in [5.74, 6) is 0.0376. The normalized spacial score (nSPS) is 20.2. The number of fused-ring (bicyclic) bond motifs is 1. The summed E-state index contributed by atoms with van der Waals surface area (Å²) in [5.41, 5.74) is 2.70. The van der Waals surface area contributed by atoms with Gasteiger partial charge in [0, 0.05) is 43.2 Å². The van der Waals surface area contributed by atoms with Crippen molar-refractivity contribution in [2.75, 3.05) is 31.5 Å². The predicted molar refractivity (Wildman–Crippen MR) is 113 cm³/mol. The number of carbonyl (C=O) groups is 2. The Bertz CT molecular complexity index is 871. The van der Waals surface area contributed by atoms with Gasteiger partial charge in [0.05, 0.1) is 10.9 Å². The number of hydrogen-bond acceptors (Lipinski definition) is 4. The number of nitrogens with zero attached hydrogens (tertiary/aromatic N) is 2. The Labute approximate surface area is 170 Å². The molecule has 1 fully saturated rings. The first kappa shape index (κ1) is 19.0. The fraction of sp³-hybridized carbons (Fsp3) is 0.364. The van der Waals surface area contributed by atoms with Gasteiger partial charge in [-0.2, -0.15) is 0 Å². The van der Waals surface area contributed by atoms with Crippen LogP contribution in [0.2, 0.25) is 0 Å². The molecule has 2 aliphatic heterocycles. The van der Waals surface area contributed by atoms with Crippen molar-refractivity contribution in [1.29, 1.82) is 0 Å². The van der Waals surface area contributed by atoms with Crippen molar-refractivity contribution < 1.29 is 9.59 Å². The number of carbonyl (C=O) groups excluding carboxylic acids is 2. The minimum absolute atomic E-state index is 0.00609. The summed E-state index contributed by atoms with van der Waals surface area (Å²) < 4.78 is 0. The number of rotatable bonds is 3. The highest BCUT2D eigenvalue weighted by Gasteiger charge is 2.25. The smallest absolute Gasteiger partial charge is 0.253 e. The Kier molecular flexibility index (Phi) is 5.69. The summed E-state index contributed by atoms with van der Waals surface area (Å²) in [6.45, 7) is 6.16. The van der Waals surface area contributed by atoms with Gasteiger partial charge < -0.3 is 10.2 Å². The van der Waals surface area contributed by atoms with Gasteiger partial charge in [0.25, 0.3) is 5.91 Å². The van der Waals surface area contributed by atoms with Crippen molar-refractivity contribution in [2.45, 2.75) is 30.0 Å². The third kappa shape index (κ3) is 4.23. The molecule has 1 atom stereocenters. The third-order valence-corrected chi connectivity index (χ3v) is 6.46. The van der Waals surface area contributed by atoms with E-state index in [-0.39, 0.29) is 17.1 Å². The first-order chi connectivity index (χ1) is 13.6. The molecule has 2 aromatic rings. The molecular formula is C22H25N3O2S. The van der Waals surface area contributed by atoms with Crippen molar-refractivity contribution in [3.63, 3.8) is 0 Å². The molecular weight excluding hydrogens is 370 g/mol. The van der Waals surface area contributed by atoms with Gasteiger partial charge >= 0.3 is 0 Å². The Hall–Kier alpha value is -2.31. The molecule has 2 heterocycles. The molecule has 0 aromatic heterocycles. The summed E-state index contributed by atoms with van der Waals surface area (Å²) in [6.07, 6.45) is 0.966. The zero-order chi connectivity index (χ0) is 19.5. The summed E-state index contributed by atoms with van der Waals surface area (Å²) in [7, 11) is 0. The molecule has 28 heavy (non-hydrogen) atoms. The number of benzene rings is 2. The van der Waals surface area contributed by atoms with E-state index in [1.807, 2.05) is 36.1 Å². The summed E-state index contributed by atoms with van der Waals surface area (Å²) in [5, 5.41) is 2.81. The van der Waals surface area contributed by atoms with Crippen LogP contribution in [0.5, 0.6) is 0 Å². The first-order valence-corrected chi connectivity index (χ1v) is 10.7. The van der Waals surface area contributed by atoms with Crippen LogP contribution in [0.1, 0.15) is 29.3 Å². The molecule has 0 spiro atoms. The lowest BCUT2D eigenvalue weighted by Gasteiger charge is -2.24. The number of amides is 2. The van der Waals surface area contributed by atoms with Gasteiger partial charge in [0.15, 0.2) is 0 Å². The summed E-state index contributed by atoms with van der Waals surface area (Å²) in [4.78, 5) is 30.3. The third-order valence-electron chi connectivity index (χ3n) is 5.28. The summed E-state index contributed by atoms with van der Waals surface area (Å²) >= 11 is 1.54. The first-order valence-electron chi connectivity index (χ1n) is 9.77. The molecule has 5 nitrogen and oxygen atoms in total. The van der Waals surface area contributed by atoms with Gasteiger partial charge in [-0.1, -0.05) is 30.3 Å². The van der Waals surface area contributed by atoms with Gasteiger partial charge in [-0.15, -0.1) is 11.8 Å². The van der Waals surface area contributed by atoms with Crippen molar-refractivity contribution in [1.82, 2.24) is 9.80 Å². The van der Waals surface area contributed by atoms with Gasteiger partial charge in [-0.25, -0.2) is 0 Å². The van der Waals surface area contributed by atoms with Crippen LogP contribution in [0.3, 0.4) is 0 Å². The largest absolute Gasteiger partial charge is 0.337 e. The van der Waals surface area contributed by atoms with E-state index >= 15 is 0 Å². The van der Waals surface area contributed by atoms with Gasteiger partial charge in [-0.3, -0.25) is 14.5 Å². The maximum atomic E-state index is 13.0. The van der Waals surface area contributed by atoms with Gasteiger partial charge in [0.2, 0.25) is 5.91 Å². The lowest BCUT2D eigenvalue weighted by molar-refractivity contribution is -0.115. The van der Waals surface area contributed by atoms with Gasteiger partial charge in [-0.05, 0) is 37.1 Å². The molecule has 1 unspecified atom stereocenters. The van der Waals surface area contributed by atoms with Crippen LogP contribution in [-0.2, 0) is 11.3 Å². The Balaban J connectivity index is 1.41. The summed E-state index contributed by atoms with van der Waals surface area (Å²) in [6, 6.07) is 16.1. The maximum absolute atomic E-state index is 13.0. The lowest BCUT2D eigenvalue weighted by atomic mass is 10.1. The fourth-order valence-electron chi connectivity index (χ4n) is 3.70. The molecule has 0 bridgehead atoms. The Morgan fingerprint density at radius 3 is 2.75 bits per heavy atom. The van der Waals surface area contributed by atoms with E-state index in [9.17, 15) is 9.59 Å². The zero-order valence-electron chi connectivity index (χ0n) is 16.1. The van der Waals surface area contributed by atoms with E-state index in [4.69, 9.17) is 0 Å². The van der Waals surface area contributed by atoms with E-state index in [2.05, 4.69) is 34.5 Å². The molecule has 2 amide bonds. The highest BCUT2D eigenvalue weighted by molar-refractivity contribution is 8.00. The van der Waals surface area contributed by atoms with E-state index in [0.29, 0.717) is 5.56 Å². The molecule has 6 heteroatoms. The van der Waals surface area contributed by atoms with Crippen LogP contribution in [0, 0.1) is 0 Å². The zero-order valence-corrected chi connectivity index (χ0v) is 16.9. The molecule has 146 valence electrons. The second-order valence-corrected chi connectivity index (χ2v) is 8.75. The van der Waals surface area contributed by atoms with E-state index in [1.165, 1.54) is 17.3 Å². The molecule has 1 saturated heterocycles. The van der Waals surface area contributed by atoms with Crippen LogP contribution in [-0.4, -0.2) is 53.0 Å². The van der Waals surface area contributed by atoms with Crippen LogP contribution in [0.15, 0.2) is 53.4 Å². The molecule has 2 aromatic carbocycles. The highest BCUT2D eigenvalue weighted by atomic mass is 32.2. The average Bonchev–Trinajstić information content (AvgIpc) is 2.94. The number of thioether (sulfide) groups is 1. The highest BCUT2D eigenvalue weighted by Crippen LogP contribution is 2.36. The number of hydrogen-bond donors (Lipinski definition) is 1. The second kappa shape index (κ2) is 8.37. The standard InChI is InChI=1S/C22H25N3O2S/c1-16-21(26)23-19-14-18(8-9-20(19)28-16)22(27)25-11-5-10-24(12-13-25)15-17-6-3-2-4-7-17/h2-4,6-9,14,16H,5,10-13,15H2,1H3,(H,23,26). The molecule has 4 rings (SSSR count). The number of anilines is 1. The Morgan fingerprint density at radius 2 is 1.93 bits per heavy atom. The molecule has 2 aliphatic rings. The average molecular weight is 396 g/mol. The quantitative estimate of drug-likeness (QED) is 0.865. The van der Waals surface area contributed by atoms with Crippen LogP contribution in [0.25, 0.3) is 0 Å². The van der Waals surface area contributed by atoms with Crippen LogP contribution >= 0.6 is 11.8 Å². The van der Waals surface area contributed by atoms with Crippen molar-refractivity contribution in [3.8, 4) is 0 Å². The van der Waals surface area contributed by atoms with E-state index in [1.54, 1.807) is 0 Å². The predicted octanol–water partition coefficient (Wildman–Crippen LogP) is 3.47. The van der Waals surface area contributed by atoms with Crippen LogP contribution in [0.4, 0.5) is 5.69 Å². The Morgan fingerprint density at radius 1 is 1.11 bits per heavy atom. The van der Waals surface area contributed by atoms with E-state index in [0.717, 1.165) is 49.7 Å². The lowest BCUT2D eigenvalue weighted by Crippen LogP contribution is -2.35.